The molecule has 0 aliphatic heterocycles. The van der Waals surface area contributed by atoms with Crippen molar-refractivity contribution in [3.63, 3.8) is 0 Å². The van der Waals surface area contributed by atoms with Crippen LogP contribution in [0.1, 0.15) is 60.4 Å². The second-order valence-electron chi connectivity index (χ2n) is 5.65. The minimum atomic E-state index is 0.282. The number of rotatable bonds is 6. The molecule has 2 aliphatic carbocycles. The van der Waals surface area contributed by atoms with Crippen LogP contribution >= 0.6 is 0 Å². The van der Waals surface area contributed by atoms with Gasteiger partial charge in [-0.15, -0.1) is 0 Å². The molecule has 1 N–H and O–H groups in total. The van der Waals surface area contributed by atoms with Gasteiger partial charge in [-0.25, -0.2) is 0 Å². The molecule has 0 spiro atoms. The van der Waals surface area contributed by atoms with Crippen molar-refractivity contribution >= 4 is 5.78 Å². The Kier molecular flexibility index (Phi) is 3.46. The SMILES string of the molecule is O=C(CCNC1CC1)c1cccc(C2CCC2)c1. The molecule has 2 heteroatoms. The van der Waals surface area contributed by atoms with Crippen molar-refractivity contribution < 1.29 is 4.79 Å². The smallest absolute Gasteiger partial charge is 0.164 e. The van der Waals surface area contributed by atoms with Crippen LogP contribution < -0.4 is 5.32 Å². The molecule has 0 radical (unpaired) electrons. The Morgan fingerprint density at radius 1 is 1.22 bits per heavy atom. The number of hydrogen-bond donors (Lipinski definition) is 1. The molecule has 3 rings (SSSR count). The molecule has 18 heavy (non-hydrogen) atoms. The first-order valence-corrected chi connectivity index (χ1v) is 7.19. The number of ketones is 1. The molecular formula is C16H21NO. The zero-order valence-electron chi connectivity index (χ0n) is 10.8. The molecule has 0 amide bonds. The molecule has 0 bridgehead atoms. The van der Waals surface area contributed by atoms with Gasteiger partial charge >= 0.3 is 0 Å². The highest BCUT2D eigenvalue weighted by Crippen LogP contribution is 2.36. The Morgan fingerprint density at radius 2 is 2.06 bits per heavy atom. The van der Waals surface area contributed by atoms with Gasteiger partial charge in [-0.05, 0) is 43.2 Å². The predicted octanol–water partition coefficient (Wildman–Crippen LogP) is 3.28. The Hall–Kier alpha value is -1.15. The third-order valence-corrected chi connectivity index (χ3v) is 4.15. The van der Waals surface area contributed by atoms with Gasteiger partial charge in [-0.1, -0.05) is 24.6 Å². The second-order valence-corrected chi connectivity index (χ2v) is 5.65. The van der Waals surface area contributed by atoms with Crippen molar-refractivity contribution in [2.45, 2.75) is 50.5 Å². The molecule has 2 aliphatic rings. The van der Waals surface area contributed by atoms with Gasteiger partial charge in [0, 0.05) is 24.6 Å². The minimum Gasteiger partial charge on any atom is -0.314 e. The topological polar surface area (TPSA) is 29.1 Å². The van der Waals surface area contributed by atoms with Crippen molar-refractivity contribution in [3.8, 4) is 0 Å². The van der Waals surface area contributed by atoms with Gasteiger partial charge in [-0.3, -0.25) is 4.79 Å². The number of nitrogens with one attached hydrogen (secondary N) is 1. The van der Waals surface area contributed by atoms with Crippen LogP contribution in [0.15, 0.2) is 24.3 Å². The number of hydrogen-bond acceptors (Lipinski definition) is 2. The lowest BCUT2D eigenvalue weighted by atomic mass is 9.79. The van der Waals surface area contributed by atoms with Crippen LogP contribution in [0.2, 0.25) is 0 Å². The van der Waals surface area contributed by atoms with Crippen LogP contribution in [0.5, 0.6) is 0 Å². The molecule has 2 nitrogen and oxygen atoms in total. The Balaban J connectivity index is 1.57. The first kappa shape index (κ1) is 11.9. The van der Waals surface area contributed by atoms with E-state index < -0.39 is 0 Å². The van der Waals surface area contributed by atoms with Gasteiger partial charge < -0.3 is 5.32 Å². The standard InChI is InChI=1S/C16H21NO/c18-16(9-10-17-15-7-8-15)14-6-2-5-13(11-14)12-3-1-4-12/h2,5-6,11-12,15,17H,1,3-4,7-10H2. The predicted molar refractivity (Wildman–Crippen MR) is 73.0 cm³/mol. The Labute approximate surface area is 109 Å². The van der Waals surface area contributed by atoms with Crippen LogP contribution in [-0.2, 0) is 0 Å². The van der Waals surface area contributed by atoms with Gasteiger partial charge in [0.2, 0.25) is 0 Å². The van der Waals surface area contributed by atoms with Gasteiger partial charge in [0.15, 0.2) is 5.78 Å². The third-order valence-electron chi connectivity index (χ3n) is 4.15. The fourth-order valence-corrected chi connectivity index (χ4v) is 2.53. The summed E-state index contributed by atoms with van der Waals surface area (Å²) in [6, 6.07) is 8.97. The summed E-state index contributed by atoms with van der Waals surface area (Å²) in [4.78, 5) is 12.1. The molecule has 0 unspecified atom stereocenters. The average Bonchev–Trinajstić information content (AvgIpc) is 3.11. The summed E-state index contributed by atoms with van der Waals surface area (Å²) in [6.07, 6.45) is 7.12. The van der Waals surface area contributed by atoms with Gasteiger partial charge in [-0.2, -0.15) is 0 Å². The fourth-order valence-electron chi connectivity index (χ4n) is 2.53. The summed E-state index contributed by atoms with van der Waals surface area (Å²) >= 11 is 0. The zero-order valence-corrected chi connectivity index (χ0v) is 10.8. The third kappa shape index (κ3) is 2.81. The maximum Gasteiger partial charge on any atom is 0.164 e. The van der Waals surface area contributed by atoms with Gasteiger partial charge in [0.05, 0.1) is 0 Å². The summed E-state index contributed by atoms with van der Waals surface area (Å²) in [5, 5.41) is 3.40. The van der Waals surface area contributed by atoms with Crippen molar-refractivity contribution in [1.29, 1.82) is 0 Å². The van der Waals surface area contributed by atoms with E-state index >= 15 is 0 Å². The van der Waals surface area contributed by atoms with E-state index in [-0.39, 0.29) is 5.78 Å². The lowest BCUT2D eigenvalue weighted by molar-refractivity contribution is 0.0982. The molecule has 1 aromatic rings. The quantitative estimate of drug-likeness (QED) is 0.777. The van der Waals surface area contributed by atoms with E-state index in [0.717, 1.165) is 12.1 Å². The Bertz CT molecular complexity index is 432. The molecule has 1 aromatic carbocycles. The maximum atomic E-state index is 12.1. The van der Waals surface area contributed by atoms with E-state index in [0.29, 0.717) is 18.4 Å². The zero-order chi connectivity index (χ0) is 12.4. The largest absolute Gasteiger partial charge is 0.314 e. The average molecular weight is 243 g/mol. The Morgan fingerprint density at radius 3 is 2.72 bits per heavy atom. The summed E-state index contributed by atoms with van der Waals surface area (Å²) in [6.45, 7) is 0.831. The molecule has 0 aromatic heterocycles. The van der Waals surface area contributed by atoms with E-state index in [1.165, 1.54) is 37.7 Å². The van der Waals surface area contributed by atoms with Crippen LogP contribution in [-0.4, -0.2) is 18.4 Å². The maximum absolute atomic E-state index is 12.1. The van der Waals surface area contributed by atoms with Crippen LogP contribution in [0.3, 0.4) is 0 Å². The number of carbonyl (C=O) groups excluding carboxylic acids is 1. The summed E-state index contributed by atoms with van der Waals surface area (Å²) in [5.41, 5.74) is 2.26. The summed E-state index contributed by atoms with van der Waals surface area (Å²) in [5.74, 6) is 0.992. The van der Waals surface area contributed by atoms with Crippen LogP contribution in [0, 0.1) is 0 Å². The van der Waals surface area contributed by atoms with E-state index in [2.05, 4.69) is 17.4 Å². The monoisotopic (exact) mass is 243 g/mol. The molecular weight excluding hydrogens is 222 g/mol. The number of Topliss-reactive ketones (excluding diaryl/α,β-unsaturated/α-hetero) is 1. The van der Waals surface area contributed by atoms with Crippen molar-refractivity contribution in [3.05, 3.63) is 35.4 Å². The van der Waals surface area contributed by atoms with Crippen molar-refractivity contribution in [2.24, 2.45) is 0 Å². The second kappa shape index (κ2) is 5.23. The highest BCUT2D eigenvalue weighted by Gasteiger charge is 2.21. The van der Waals surface area contributed by atoms with E-state index in [4.69, 9.17) is 0 Å². The van der Waals surface area contributed by atoms with Crippen LogP contribution in [0.4, 0.5) is 0 Å². The van der Waals surface area contributed by atoms with E-state index in [9.17, 15) is 4.79 Å². The fraction of sp³-hybridized carbons (Fsp3) is 0.562. The normalized spacial score (nSPS) is 19.6. The van der Waals surface area contributed by atoms with Gasteiger partial charge in [0.25, 0.3) is 0 Å². The molecule has 96 valence electrons. The number of benzene rings is 1. The first-order chi connectivity index (χ1) is 8.83. The lowest BCUT2D eigenvalue weighted by Crippen LogP contribution is -2.20. The van der Waals surface area contributed by atoms with Crippen molar-refractivity contribution in [2.75, 3.05) is 6.54 Å². The van der Waals surface area contributed by atoms with E-state index in [1.807, 2.05) is 12.1 Å². The number of carbonyl (C=O) groups is 1. The van der Waals surface area contributed by atoms with Gasteiger partial charge in [0.1, 0.15) is 0 Å². The highest BCUT2D eigenvalue weighted by atomic mass is 16.1. The summed E-state index contributed by atoms with van der Waals surface area (Å²) < 4.78 is 0. The van der Waals surface area contributed by atoms with E-state index in [1.54, 1.807) is 0 Å². The molecule has 0 atom stereocenters. The first-order valence-electron chi connectivity index (χ1n) is 7.19. The molecule has 0 heterocycles. The molecule has 2 fully saturated rings. The molecule has 2 saturated carbocycles. The summed E-state index contributed by atoms with van der Waals surface area (Å²) in [7, 11) is 0. The van der Waals surface area contributed by atoms with Crippen LogP contribution in [0.25, 0.3) is 0 Å². The molecule has 0 saturated heterocycles. The lowest BCUT2D eigenvalue weighted by Gasteiger charge is -2.26. The highest BCUT2D eigenvalue weighted by molar-refractivity contribution is 5.96. The minimum absolute atomic E-state index is 0.282. The van der Waals surface area contributed by atoms with Crippen molar-refractivity contribution in [1.82, 2.24) is 5.32 Å².